The number of carbonyl (C=O) groups is 1. The van der Waals surface area contributed by atoms with Crippen LogP contribution in [0.1, 0.15) is 27.2 Å². The van der Waals surface area contributed by atoms with Gasteiger partial charge in [-0.2, -0.15) is 0 Å². The quantitative estimate of drug-likeness (QED) is 0.662. The minimum atomic E-state index is -0.174. The van der Waals surface area contributed by atoms with Gasteiger partial charge in [0.05, 0.1) is 0 Å². The summed E-state index contributed by atoms with van der Waals surface area (Å²) in [6.07, 6.45) is 0. The third kappa shape index (κ3) is 4.09. The van der Waals surface area contributed by atoms with E-state index in [9.17, 15) is 4.79 Å². The first-order chi connectivity index (χ1) is 12.4. The predicted octanol–water partition coefficient (Wildman–Crippen LogP) is 5.08. The van der Waals surface area contributed by atoms with Crippen molar-refractivity contribution in [2.24, 2.45) is 0 Å². The van der Waals surface area contributed by atoms with Gasteiger partial charge in [-0.1, -0.05) is 29.8 Å². The van der Waals surface area contributed by atoms with E-state index < -0.39 is 0 Å². The Morgan fingerprint density at radius 2 is 1.62 bits per heavy atom. The van der Waals surface area contributed by atoms with Crippen LogP contribution in [0.4, 0.5) is 5.69 Å². The van der Waals surface area contributed by atoms with E-state index in [1.807, 2.05) is 75.4 Å². The Morgan fingerprint density at radius 1 is 0.885 bits per heavy atom. The number of aryl methyl sites for hydroxylation is 3. The van der Waals surface area contributed by atoms with Crippen molar-refractivity contribution in [3.05, 3.63) is 83.0 Å². The van der Waals surface area contributed by atoms with Gasteiger partial charge in [0, 0.05) is 18.8 Å². The summed E-state index contributed by atoms with van der Waals surface area (Å²) < 4.78 is 5.85. The number of amides is 1. The average molecular weight is 346 g/mol. The van der Waals surface area contributed by atoms with Crippen LogP contribution in [-0.2, 0) is 0 Å². The van der Waals surface area contributed by atoms with Gasteiger partial charge in [-0.05, 0) is 62.2 Å². The largest absolute Gasteiger partial charge is 0.439 e. The van der Waals surface area contributed by atoms with Crippen molar-refractivity contribution in [2.75, 3.05) is 11.9 Å². The van der Waals surface area contributed by atoms with Crippen molar-refractivity contribution in [1.82, 2.24) is 4.98 Å². The highest BCUT2D eigenvalue weighted by Gasteiger charge is 2.16. The van der Waals surface area contributed by atoms with Crippen molar-refractivity contribution >= 4 is 11.6 Å². The first-order valence-corrected chi connectivity index (χ1v) is 8.50. The molecule has 0 aliphatic heterocycles. The highest BCUT2D eigenvalue weighted by atomic mass is 16.5. The summed E-state index contributed by atoms with van der Waals surface area (Å²) in [5.41, 5.74) is 4.35. The first kappa shape index (κ1) is 17.7. The molecule has 0 bridgehead atoms. The summed E-state index contributed by atoms with van der Waals surface area (Å²) >= 11 is 0. The Hall–Kier alpha value is -3.14. The summed E-state index contributed by atoms with van der Waals surface area (Å²) in [6, 6.07) is 19.1. The Morgan fingerprint density at radius 3 is 2.31 bits per heavy atom. The molecule has 1 aromatic heterocycles. The van der Waals surface area contributed by atoms with E-state index in [1.165, 1.54) is 0 Å². The molecule has 3 aromatic rings. The molecule has 0 saturated carbocycles. The van der Waals surface area contributed by atoms with Crippen LogP contribution in [0.25, 0.3) is 0 Å². The van der Waals surface area contributed by atoms with E-state index in [1.54, 1.807) is 18.0 Å². The maximum absolute atomic E-state index is 12.8. The lowest BCUT2D eigenvalue weighted by Crippen LogP contribution is -2.27. The third-order valence-electron chi connectivity index (χ3n) is 4.10. The normalized spacial score (nSPS) is 10.5. The number of ether oxygens (including phenoxy) is 1. The molecule has 0 spiro atoms. The van der Waals surface area contributed by atoms with Gasteiger partial charge in [-0.25, -0.2) is 4.98 Å². The second-order valence-electron chi connectivity index (χ2n) is 6.49. The topological polar surface area (TPSA) is 42.4 Å². The number of rotatable bonds is 4. The lowest BCUT2D eigenvalue weighted by molar-refractivity contribution is 0.0987. The Balaban J connectivity index is 1.86. The summed E-state index contributed by atoms with van der Waals surface area (Å²) in [7, 11) is 1.75. The van der Waals surface area contributed by atoms with Crippen LogP contribution in [-0.4, -0.2) is 17.9 Å². The summed E-state index contributed by atoms with van der Waals surface area (Å²) in [6.45, 7) is 5.94. The van der Waals surface area contributed by atoms with Gasteiger partial charge in [-0.3, -0.25) is 4.79 Å². The standard InChI is InChI=1S/C22H22N2O2/c1-15-8-10-18(11-9-15)24(4)22(25)20-13-17(3)14-21(23-20)26-19-7-5-6-16(2)12-19/h5-14H,1-4H3. The lowest BCUT2D eigenvalue weighted by Gasteiger charge is -2.18. The zero-order valence-corrected chi connectivity index (χ0v) is 15.5. The van der Waals surface area contributed by atoms with Crippen LogP contribution in [0.2, 0.25) is 0 Å². The molecule has 0 saturated heterocycles. The zero-order valence-electron chi connectivity index (χ0n) is 15.5. The Bertz CT molecular complexity index is 933. The molecule has 1 amide bonds. The number of nitrogens with zero attached hydrogens (tertiary/aromatic N) is 2. The fourth-order valence-corrected chi connectivity index (χ4v) is 2.65. The number of carbonyl (C=O) groups excluding carboxylic acids is 1. The monoisotopic (exact) mass is 346 g/mol. The lowest BCUT2D eigenvalue weighted by atomic mass is 10.2. The number of hydrogen-bond acceptors (Lipinski definition) is 3. The maximum Gasteiger partial charge on any atom is 0.276 e. The third-order valence-corrected chi connectivity index (χ3v) is 4.10. The molecule has 2 aromatic carbocycles. The van der Waals surface area contributed by atoms with Gasteiger partial charge in [0.2, 0.25) is 5.88 Å². The molecule has 0 radical (unpaired) electrons. The Kier molecular flexibility index (Phi) is 5.03. The molecule has 0 N–H and O–H groups in total. The van der Waals surface area contributed by atoms with Crippen LogP contribution in [0.5, 0.6) is 11.6 Å². The van der Waals surface area contributed by atoms with E-state index >= 15 is 0 Å². The second-order valence-corrected chi connectivity index (χ2v) is 6.49. The van der Waals surface area contributed by atoms with Gasteiger partial charge in [0.1, 0.15) is 11.4 Å². The molecule has 4 heteroatoms. The summed E-state index contributed by atoms with van der Waals surface area (Å²) in [5, 5.41) is 0. The summed E-state index contributed by atoms with van der Waals surface area (Å²) in [4.78, 5) is 18.9. The van der Waals surface area contributed by atoms with E-state index in [0.29, 0.717) is 17.3 Å². The van der Waals surface area contributed by atoms with Gasteiger partial charge < -0.3 is 9.64 Å². The number of pyridine rings is 1. The van der Waals surface area contributed by atoms with Gasteiger partial charge >= 0.3 is 0 Å². The molecule has 0 aliphatic rings. The van der Waals surface area contributed by atoms with Gasteiger partial charge in [0.15, 0.2) is 0 Å². The number of aromatic nitrogens is 1. The number of hydrogen-bond donors (Lipinski definition) is 0. The van der Waals surface area contributed by atoms with E-state index in [0.717, 1.165) is 22.4 Å². The predicted molar refractivity (Wildman–Crippen MR) is 104 cm³/mol. The van der Waals surface area contributed by atoms with E-state index in [2.05, 4.69) is 4.98 Å². The zero-order chi connectivity index (χ0) is 18.7. The van der Waals surface area contributed by atoms with E-state index in [4.69, 9.17) is 4.74 Å². The Labute approximate surface area is 154 Å². The molecule has 1 heterocycles. The van der Waals surface area contributed by atoms with Gasteiger partial charge in [-0.15, -0.1) is 0 Å². The molecule has 132 valence electrons. The minimum absolute atomic E-state index is 0.174. The van der Waals surface area contributed by atoms with Crippen molar-refractivity contribution in [2.45, 2.75) is 20.8 Å². The molecular formula is C22H22N2O2. The number of anilines is 1. The molecule has 26 heavy (non-hydrogen) atoms. The molecule has 4 nitrogen and oxygen atoms in total. The van der Waals surface area contributed by atoms with Crippen molar-refractivity contribution < 1.29 is 9.53 Å². The molecule has 0 fully saturated rings. The van der Waals surface area contributed by atoms with Crippen LogP contribution in [0.15, 0.2) is 60.7 Å². The highest BCUT2D eigenvalue weighted by Crippen LogP contribution is 2.23. The molecular weight excluding hydrogens is 324 g/mol. The highest BCUT2D eigenvalue weighted by molar-refractivity contribution is 6.04. The average Bonchev–Trinajstić information content (AvgIpc) is 2.60. The van der Waals surface area contributed by atoms with Gasteiger partial charge in [0.25, 0.3) is 5.91 Å². The maximum atomic E-state index is 12.8. The first-order valence-electron chi connectivity index (χ1n) is 8.50. The smallest absolute Gasteiger partial charge is 0.276 e. The van der Waals surface area contributed by atoms with Crippen LogP contribution >= 0.6 is 0 Å². The number of benzene rings is 2. The molecule has 0 aliphatic carbocycles. The van der Waals surface area contributed by atoms with Crippen LogP contribution < -0.4 is 9.64 Å². The van der Waals surface area contributed by atoms with Crippen molar-refractivity contribution in [3.8, 4) is 11.6 Å². The van der Waals surface area contributed by atoms with Crippen LogP contribution in [0, 0.1) is 20.8 Å². The fraction of sp³-hybridized carbons (Fsp3) is 0.182. The van der Waals surface area contributed by atoms with E-state index in [-0.39, 0.29) is 5.91 Å². The van der Waals surface area contributed by atoms with Crippen molar-refractivity contribution in [1.29, 1.82) is 0 Å². The second kappa shape index (κ2) is 7.40. The fourth-order valence-electron chi connectivity index (χ4n) is 2.65. The molecule has 0 unspecified atom stereocenters. The molecule has 3 rings (SSSR count). The van der Waals surface area contributed by atoms with Crippen molar-refractivity contribution in [3.63, 3.8) is 0 Å². The van der Waals surface area contributed by atoms with Crippen LogP contribution in [0.3, 0.4) is 0 Å². The SMILES string of the molecule is Cc1ccc(N(C)C(=O)c2cc(C)cc(Oc3cccc(C)c3)n2)cc1. The minimum Gasteiger partial charge on any atom is -0.439 e. The molecule has 0 atom stereocenters. The summed E-state index contributed by atoms with van der Waals surface area (Å²) in [5.74, 6) is 0.941.